The summed E-state index contributed by atoms with van der Waals surface area (Å²) in [7, 11) is 2.16. The molecule has 0 N–H and O–H groups in total. The molecule has 5 nitrogen and oxygen atoms in total. The molecule has 0 spiro atoms. The molecule has 1 aromatic heterocycles. The molecule has 1 saturated heterocycles. The largest absolute Gasteiger partial charge is 0.319 e. The van der Waals surface area contributed by atoms with Crippen LogP contribution in [0.1, 0.15) is 43.5 Å². The second-order valence-corrected chi connectivity index (χ2v) is 7.52. The lowest BCUT2D eigenvalue weighted by molar-refractivity contribution is -0.131. The minimum Gasteiger partial charge on any atom is -0.319 e. The van der Waals surface area contributed by atoms with Crippen LogP contribution in [0.2, 0.25) is 0 Å². The number of aromatic nitrogens is 1. The number of hydrogen-bond donors (Lipinski definition) is 0. The van der Waals surface area contributed by atoms with E-state index in [0.29, 0.717) is 0 Å². The Balaban J connectivity index is 1.89. The number of carbonyl (C=O) groups is 1. The van der Waals surface area contributed by atoms with E-state index in [1.165, 1.54) is 5.56 Å². The van der Waals surface area contributed by atoms with Crippen LogP contribution in [0.5, 0.6) is 0 Å². The molecule has 3 rings (SSSR count). The van der Waals surface area contributed by atoms with E-state index < -0.39 is 0 Å². The van der Waals surface area contributed by atoms with Gasteiger partial charge in [0.1, 0.15) is 0 Å². The molecular weight excluding hydrogens is 324 g/mol. The minimum atomic E-state index is -0.193. The number of hydrogen-bond acceptors (Lipinski definition) is 4. The summed E-state index contributed by atoms with van der Waals surface area (Å²) < 4.78 is 0. The number of rotatable bonds is 5. The minimum absolute atomic E-state index is 0.0474. The fourth-order valence-corrected chi connectivity index (χ4v) is 4.17. The number of unbranched alkanes of at least 4 members (excludes halogenated alkanes) is 1. The summed E-state index contributed by atoms with van der Waals surface area (Å²) in [5, 5.41) is 0. The van der Waals surface area contributed by atoms with E-state index in [9.17, 15) is 4.79 Å². The van der Waals surface area contributed by atoms with Crippen molar-refractivity contribution in [1.82, 2.24) is 19.7 Å². The molecule has 1 fully saturated rings. The quantitative estimate of drug-likeness (QED) is 0.758. The highest BCUT2D eigenvalue weighted by Gasteiger charge is 2.38. The Morgan fingerprint density at radius 2 is 2.12 bits per heavy atom. The molecule has 0 bridgehead atoms. The van der Waals surface area contributed by atoms with Gasteiger partial charge in [-0.25, -0.2) is 0 Å². The summed E-state index contributed by atoms with van der Waals surface area (Å²) in [6.45, 7) is 7.16. The van der Waals surface area contributed by atoms with Crippen molar-refractivity contribution in [1.29, 1.82) is 0 Å². The zero-order valence-corrected chi connectivity index (χ0v) is 16.0. The highest BCUT2D eigenvalue weighted by atomic mass is 16.2. The van der Waals surface area contributed by atoms with Crippen molar-refractivity contribution in [3.05, 3.63) is 29.6 Å². The lowest BCUT2D eigenvalue weighted by Crippen LogP contribution is -2.53. The van der Waals surface area contributed by atoms with Crippen LogP contribution >= 0.6 is 0 Å². The van der Waals surface area contributed by atoms with Crippen LogP contribution in [-0.2, 0) is 11.2 Å². The van der Waals surface area contributed by atoms with Crippen LogP contribution in [0.4, 0.5) is 0 Å². The number of piperazine rings is 1. The topological polar surface area (TPSA) is 39.7 Å². The summed E-state index contributed by atoms with van der Waals surface area (Å²) in [6.07, 6.45) is 11.5. The molecule has 2 atom stereocenters. The predicted molar refractivity (Wildman–Crippen MR) is 104 cm³/mol. The van der Waals surface area contributed by atoms with Gasteiger partial charge in [0.05, 0.1) is 11.7 Å². The van der Waals surface area contributed by atoms with Crippen LogP contribution < -0.4 is 0 Å². The molecule has 140 valence electrons. The van der Waals surface area contributed by atoms with Crippen LogP contribution in [-0.4, -0.2) is 71.4 Å². The molecule has 0 saturated carbocycles. The molecule has 0 radical (unpaired) electrons. The van der Waals surface area contributed by atoms with E-state index in [2.05, 4.69) is 40.7 Å². The van der Waals surface area contributed by atoms with Gasteiger partial charge in [-0.15, -0.1) is 6.42 Å². The summed E-state index contributed by atoms with van der Waals surface area (Å²) in [6, 6.07) is 4.29. The number of amides is 1. The summed E-state index contributed by atoms with van der Waals surface area (Å²) in [5.41, 5.74) is 2.30. The molecule has 1 aromatic rings. The van der Waals surface area contributed by atoms with Gasteiger partial charge in [-0.3, -0.25) is 14.7 Å². The molecule has 26 heavy (non-hydrogen) atoms. The predicted octanol–water partition coefficient (Wildman–Crippen LogP) is 1.95. The number of fused-ring (bicyclic) bond motifs is 1. The molecule has 3 heterocycles. The third kappa shape index (κ3) is 4.08. The van der Waals surface area contributed by atoms with Gasteiger partial charge in [-0.2, -0.15) is 0 Å². The normalized spacial score (nSPS) is 24.1. The van der Waals surface area contributed by atoms with Crippen molar-refractivity contribution >= 4 is 5.91 Å². The monoisotopic (exact) mass is 354 g/mol. The highest BCUT2D eigenvalue weighted by Crippen LogP contribution is 2.34. The summed E-state index contributed by atoms with van der Waals surface area (Å²) in [5.74, 6) is 2.19. The Kier molecular flexibility index (Phi) is 6.29. The van der Waals surface area contributed by atoms with Gasteiger partial charge in [-0.1, -0.05) is 25.8 Å². The Bertz CT molecular complexity index is 660. The van der Waals surface area contributed by atoms with Crippen LogP contribution in [0, 0.1) is 12.3 Å². The second kappa shape index (κ2) is 8.66. The van der Waals surface area contributed by atoms with Crippen molar-refractivity contribution in [2.75, 3.05) is 39.8 Å². The first-order valence-electron chi connectivity index (χ1n) is 9.77. The standard InChI is InChI=1S/C21H30N4O/c1-4-6-9-18-15-17-8-7-10-22-21(17)19(25(18)20(26)5-2)16-24-13-11-23(3)12-14-24/h2,7-8,10,18-19H,4,6,9,11-16H2,1,3H3/t18-,19-/m0/s1. The van der Waals surface area contributed by atoms with Crippen molar-refractivity contribution in [2.45, 2.75) is 44.7 Å². The van der Waals surface area contributed by atoms with Crippen LogP contribution in [0.25, 0.3) is 0 Å². The Labute approximate surface area is 157 Å². The van der Waals surface area contributed by atoms with Gasteiger partial charge in [0.2, 0.25) is 0 Å². The smallest absolute Gasteiger partial charge is 0.299 e. The molecule has 0 aromatic carbocycles. The first kappa shape index (κ1) is 18.9. The zero-order valence-electron chi connectivity index (χ0n) is 16.0. The maximum absolute atomic E-state index is 12.7. The molecular formula is C21H30N4O. The highest BCUT2D eigenvalue weighted by molar-refractivity contribution is 5.93. The number of pyridine rings is 1. The number of terminal acetylenes is 1. The van der Waals surface area contributed by atoms with E-state index in [1.54, 1.807) is 0 Å². The molecule has 1 amide bonds. The third-order valence-electron chi connectivity index (χ3n) is 5.70. The van der Waals surface area contributed by atoms with Gasteiger partial charge in [0, 0.05) is 45.0 Å². The van der Waals surface area contributed by atoms with E-state index in [-0.39, 0.29) is 18.0 Å². The zero-order chi connectivity index (χ0) is 18.5. The first-order chi connectivity index (χ1) is 12.6. The van der Waals surface area contributed by atoms with E-state index in [1.807, 2.05) is 17.2 Å². The Morgan fingerprint density at radius 3 is 2.81 bits per heavy atom. The van der Waals surface area contributed by atoms with Gasteiger partial charge in [0.15, 0.2) is 0 Å². The number of likely N-dealkylation sites (N-methyl/N-ethyl adjacent to an activating group) is 1. The van der Waals surface area contributed by atoms with Crippen LogP contribution in [0.3, 0.4) is 0 Å². The molecule has 0 unspecified atom stereocenters. The summed E-state index contributed by atoms with van der Waals surface area (Å²) >= 11 is 0. The Morgan fingerprint density at radius 1 is 1.35 bits per heavy atom. The Hall–Kier alpha value is -1.90. The van der Waals surface area contributed by atoms with Crippen molar-refractivity contribution in [3.63, 3.8) is 0 Å². The van der Waals surface area contributed by atoms with Crippen LogP contribution in [0.15, 0.2) is 18.3 Å². The fraction of sp³-hybridized carbons (Fsp3) is 0.619. The first-order valence-corrected chi connectivity index (χ1v) is 9.77. The lowest BCUT2D eigenvalue weighted by atomic mass is 9.88. The van der Waals surface area contributed by atoms with E-state index >= 15 is 0 Å². The number of carbonyl (C=O) groups excluding carboxylic acids is 1. The van der Waals surface area contributed by atoms with Crippen molar-refractivity contribution < 1.29 is 4.79 Å². The lowest BCUT2D eigenvalue weighted by Gasteiger charge is -2.44. The maximum Gasteiger partial charge on any atom is 0.299 e. The SMILES string of the molecule is C#CC(=O)N1[C@@H](CCCC)Cc2cccnc2[C@@H]1CN1CCN(C)CC1. The van der Waals surface area contributed by atoms with E-state index in [4.69, 9.17) is 6.42 Å². The second-order valence-electron chi connectivity index (χ2n) is 7.52. The maximum atomic E-state index is 12.7. The fourth-order valence-electron chi connectivity index (χ4n) is 4.17. The molecule has 0 aliphatic carbocycles. The van der Waals surface area contributed by atoms with Gasteiger partial charge in [0.25, 0.3) is 5.91 Å². The van der Waals surface area contributed by atoms with Gasteiger partial charge >= 0.3 is 0 Å². The van der Waals surface area contributed by atoms with Crippen molar-refractivity contribution in [2.24, 2.45) is 0 Å². The summed E-state index contributed by atoms with van der Waals surface area (Å²) in [4.78, 5) is 24.1. The van der Waals surface area contributed by atoms with Crippen molar-refractivity contribution in [3.8, 4) is 12.3 Å². The molecule has 2 aliphatic heterocycles. The average Bonchev–Trinajstić information content (AvgIpc) is 2.67. The molecule has 2 aliphatic rings. The average molecular weight is 354 g/mol. The van der Waals surface area contributed by atoms with Gasteiger partial charge < -0.3 is 9.80 Å². The van der Waals surface area contributed by atoms with Gasteiger partial charge in [-0.05, 0) is 37.4 Å². The third-order valence-corrected chi connectivity index (χ3v) is 5.70. The number of nitrogens with zero attached hydrogens (tertiary/aromatic N) is 4. The van der Waals surface area contributed by atoms with E-state index in [0.717, 1.165) is 64.1 Å². The molecule has 5 heteroatoms.